The highest BCUT2D eigenvalue weighted by Gasteiger charge is 2.17. The summed E-state index contributed by atoms with van der Waals surface area (Å²) in [4.78, 5) is 40.0. The van der Waals surface area contributed by atoms with E-state index >= 15 is 0 Å². The van der Waals surface area contributed by atoms with Crippen LogP contribution in [-0.4, -0.2) is 65.7 Å². The standard InChI is InChI=1S/C32H30N8O4/c1-40(2)29(41)18-44-28-14-24-26(15-27(28)43-3)38-30(39-31(24)36-23-9-10-25(34)21(13-23)16-33)19-6-4-8-22(12-19)37-32(42)20-7-5-11-35-17-20/h4-17,33H,18,34H2,1-3H3,(H,37,42)(H,36,38,39). The topological polar surface area (TPSA) is 168 Å². The molecule has 0 aliphatic rings. The lowest BCUT2D eigenvalue weighted by molar-refractivity contribution is -0.130. The zero-order valence-corrected chi connectivity index (χ0v) is 24.3. The van der Waals surface area contributed by atoms with Crippen LogP contribution in [0.4, 0.5) is 22.9 Å². The highest BCUT2D eigenvalue weighted by Crippen LogP contribution is 2.37. The van der Waals surface area contributed by atoms with E-state index in [1.807, 2.05) is 6.07 Å². The third kappa shape index (κ3) is 6.54. The third-order valence-corrected chi connectivity index (χ3v) is 6.64. The Labute approximate surface area is 253 Å². The number of hydrogen-bond donors (Lipinski definition) is 4. The average Bonchev–Trinajstić information content (AvgIpc) is 3.04. The Hall–Kier alpha value is -6.04. The number of nitrogens with one attached hydrogen (secondary N) is 3. The monoisotopic (exact) mass is 590 g/mol. The minimum Gasteiger partial charge on any atom is -0.493 e. The SMILES string of the molecule is COc1cc2nc(-c3cccc(NC(=O)c4cccnc4)c3)nc(Nc3ccc(N)c(C=N)c3)c2cc1OCC(=O)N(C)C. The highest BCUT2D eigenvalue weighted by atomic mass is 16.5. The van der Waals surface area contributed by atoms with Crippen molar-refractivity contribution in [3.05, 3.63) is 90.3 Å². The van der Waals surface area contributed by atoms with Crippen LogP contribution in [0.5, 0.6) is 11.5 Å². The van der Waals surface area contributed by atoms with Gasteiger partial charge in [-0.1, -0.05) is 12.1 Å². The van der Waals surface area contributed by atoms with Gasteiger partial charge in [-0.2, -0.15) is 0 Å². The van der Waals surface area contributed by atoms with Gasteiger partial charge in [-0.15, -0.1) is 0 Å². The number of anilines is 4. The van der Waals surface area contributed by atoms with E-state index in [1.54, 1.807) is 81.0 Å². The number of nitrogens with two attached hydrogens (primary N) is 1. The molecule has 0 bridgehead atoms. The second kappa shape index (κ2) is 12.9. The van der Waals surface area contributed by atoms with Gasteiger partial charge in [0.05, 0.1) is 18.2 Å². The zero-order valence-electron chi connectivity index (χ0n) is 24.3. The molecule has 12 heteroatoms. The number of nitrogen functional groups attached to an aromatic ring is 1. The van der Waals surface area contributed by atoms with E-state index in [0.717, 1.165) is 0 Å². The number of ether oxygens (including phenoxy) is 2. The number of hydrogen-bond acceptors (Lipinski definition) is 10. The fourth-order valence-electron chi connectivity index (χ4n) is 4.25. The summed E-state index contributed by atoms with van der Waals surface area (Å²) in [7, 11) is 4.80. The molecule has 5 aromatic rings. The molecule has 3 aromatic carbocycles. The van der Waals surface area contributed by atoms with Crippen molar-refractivity contribution in [3.8, 4) is 22.9 Å². The predicted octanol–water partition coefficient (Wildman–Crippen LogP) is 4.74. The number of rotatable bonds is 10. The van der Waals surface area contributed by atoms with Crippen LogP contribution in [0, 0.1) is 5.41 Å². The summed E-state index contributed by atoms with van der Waals surface area (Å²) in [5, 5.41) is 14.5. The summed E-state index contributed by atoms with van der Waals surface area (Å²) in [5.41, 5.74) is 9.81. The van der Waals surface area contributed by atoms with Crippen molar-refractivity contribution in [2.45, 2.75) is 0 Å². The van der Waals surface area contributed by atoms with Gasteiger partial charge < -0.3 is 36.2 Å². The summed E-state index contributed by atoms with van der Waals surface area (Å²) < 4.78 is 11.4. The maximum absolute atomic E-state index is 12.7. The van der Waals surface area contributed by atoms with Gasteiger partial charge in [0.15, 0.2) is 23.9 Å². The van der Waals surface area contributed by atoms with Gasteiger partial charge in [0, 0.05) is 72.3 Å². The van der Waals surface area contributed by atoms with Crippen molar-refractivity contribution in [2.24, 2.45) is 0 Å². The van der Waals surface area contributed by atoms with E-state index < -0.39 is 0 Å². The van der Waals surface area contributed by atoms with Crippen molar-refractivity contribution < 1.29 is 19.1 Å². The molecule has 5 rings (SSSR count). The number of carbonyl (C=O) groups excluding carboxylic acids is 2. The largest absolute Gasteiger partial charge is 0.493 e. The molecule has 2 amide bonds. The smallest absolute Gasteiger partial charge is 0.259 e. The molecule has 44 heavy (non-hydrogen) atoms. The molecular weight excluding hydrogens is 560 g/mol. The quantitative estimate of drug-likeness (QED) is 0.133. The van der Waals surface area contributed by atoms with Gasteiger partial charge in [0.2, 0.25) is 0 Å². The second-order valence-electron chi connectivity index (χ2n) is 9.88. The lowest BCUT2D eigenvalue weighted by atomic mass is 10.1. The van der Waals surface area contributed by atoms with Crippen LogP contribution in [0.25, 0.3) is 22.3 Å². The number of benzene rings is 3. The first-order valence-corrected chi connectivity index (χ1v) is 13.5. The maximum atomic E-state index is 12.7. The van der Waals surface area contributed by atoms with E-state index in [1.165, 1.54) is 24.4 Å². The number of pyridine rings is 1. The normalized spacial score (nSPS) is 10.6. The van der Waals surface area contributed by atoms with Gasteiger partial charge in [-0.05, 0) is 48.5 Å². The number of carbonyl (C=O) groups is 2. The molecule has 0 saturated heterocycles. The molecule has 0 spiro atoms. The van der Waals surface area contributed by atoms with E-state index in [-0.39, 0.29) is 18.4 Å². The van der Waals surface area contributed by atoms with Crippen molar-refractivity contribution in [3.63, 3.8) is 0 Å². The molecule has 0 fully saturated rings. The molecule has 0 atom stereocenters. The summed E-state index contributed by atoms with van der Waals surface area (Å²) in [6, 6.07) is 19.2. The summed E-state index contributed by atoms with van der Waals surface area (Å²) in [6.07, 6.45) is 4.27. The molecule has 0 saturated carbocycles. The summed E-state index contributed by atoms with van der Waals surface area (Å²) >= 11 is 0. The van der Waals surface area contributed by atoms with Gasteiger partial charge in [-0.3, -0.25) is 14.6 Å². The molecule has 222 valence electrons. The Morgan fingerprint density at radius 1 is 1.00 bits per heavy atom. The van der Waals surface area contributed by atoms with Crippen molar-refractivity contribution in [2.75, 3.05) is 44.2 Å². The minimum absolute atomic E-state index is 0.186. The molecule has 0 aliphatic carbocycles. The molecule has 5 N–H and O–H groups in total. The Morgan fingerprint density at radius 3 is 2.57 bits per heavy atom. The lowest BCUT2D eigenvalue weighted by Gasteiger charge is -2.16. The second-order valence-corrected chi connectivity index (χ2v) is 9.88. The number of nitrogens with zero attached hydrogens (tertiary/aromatic N) is 4. The first-order valence-electron chi connectivity index (χ1n) is 13.5. The maximum Gasteiger partial charge on any atom is 0.259 e. The number of methoxy groups -OCH3 is 1. The molecule has 12 nitrogen and oxygen atoms in total. The predicted molar refractivity (Wildman–Crippen MR) is 170 cm³/mol. The van der Waals surface area contributed by atoms with Crippen LogP contribution < -0.4 is 25.8 Å². The summed E-state index contributed by atoms with van der Waals surface area (Å²) in [5.74, 6) is 1.02. The van der Waals surface area contributed by atoms with E-state index in [4.69, 9.17) is 30.6 Å². The Kier molecular flexibility index (Phi) is 8.61. The third-order valence-electron chi connectivity index (χ3n) is 6.64. The first-order chi connectivity index (χ1) is 21.2. The molecule has 0 aliphatic heterocycles. The number of aromatic nitrogens is 3. The van der Waals surface area contributed by atoms with Gasteiger partial charge in [-0.25, -0.2) is 9.97 Å². The Balaban J connectivity index is 1.58. The Bertz CT molecular complexity index is 1860. The summed E-state index contributed by atoms with van der Waals surface area (Å²) in [6.45, 7) is -0.186. The molecular formula is C32H30N8O4. The van der Waals surface area contributed by atoms with Gasteiger partial charge >= 0.3 is 0 Å². The van der Waals surface area contributed by atoms with Crippen LogP contribution >= 0.6 is 0 Å². The van der Waals surface area contributed by atoms with E-state index in [9.17, 15) is 9.59 Å². The van der Waals surface area contributed by atoms with Gasteiger partial charge in [0.1, 0.15) is 5.82 Å². The molecule has 0 unspecified atom stereocenters. The fraction of sp³-hybridized carbons (Fsp3) is 0.125. The lowest BCUT2D eigenvalue weighted by Crippen LogP contribution is -2.27. The van der Waals surface area contributed by atoms with Crippen LogP contribution in [-0.2, 0) is 4.79 Å². The number of fused-ring (bicyclic) bond motifs is 1. The number of likely N-dealkylation sites (N-methyl/N-ethyl adjacent to an activating group) is 1. The fourth-order valence-corrected chi connectivity index (χ4v) is 4.25. The Morgan fingerprint density at radius 2 is 1.84 bits per heavy atom. The van der Waals surface area contributed by atoms with Crippen LogP contribution in [0.2, 0.25) is 0 Å². The zero-order chi connectivity index (χ0) is 31.2. The van der Waals surface area contributed by atoms with Crippen molar-refractivity contribution >= 4 is 51.8 Å². The van der Waals surface area contributed by atoms with Crippen LogP contribution in [0.15, 0.2) is 79.1 Å². The molecule has 0 radical (unpaired) electrons. The van der Waals surface area contributed by atoms with Crippen molar-refractivity contribution in [1.82, 2.24) is 19.9 Å². The van der Waals surface area contributed by atoms with E-state index in [2.05, 4.69) is 15.6 Å². The highest BCUT2D eigenvalue weighted by molar-refractivity contribution is 6.04. The number of amides is 2. The van der Waals surface area contributed by atoms with E-state index in [0.29, 0.717) is 67.8 Å². The molecule has 2 aromatic heterocycles. The first kappa shape index (κ1) is 29.5. The van der Waals surface area contributed by atoms with Crippen LogP contribution in [0.1, 0.15) is 15.9 Å². The van der Waals surface area contributed by atoms with Crippen molar-refractivity contribution in [1.29, 1.82) is 5.41 Å². The molecule has 2 heterocycles. The van der Waals surface area contributed by atoms with Gasteiger partial charge in [0.25, 0.3) is 11.8 Å². The average molecular weight is 591 g/mol. The minimum atomic E-state index is -0.299. The van der Waals surface area contributed by atoms with Crippen LogP contribution in [0.3, 0.4) is 0 Å².